The topological polar surface area (TPSA) is 46.2 Å². The quantitative estimate of drug-likeness (QED) is 0.771. The molecule has 0 saturated heterocycles. The van der Waals surface area contributed by atoms with E-state index in [9.17, 15) is 9.50 Å². The first kappa shape index (κ1) is 10.4. The van der Waals surface area contributed by atoms with Crippen LogP contribution in [0.4, 0.5) is 4.39 Å². The third-order valence-electron chi connectivity index (χ3n) is 1.80. The van der Waals surface area contributed by atoms with Gasteiger partial charge in [0.2, 0.25) is 0 Å². The van der Waals surface area contributed by atoms with E-state index in [1.54, 1.807) is 13.0 Å². The lowest BCUT2D eigenvalue weighted by Gasteiger charge is -2.15. The summed E-state index contributed by atoms with van der Waals surface area (Å²) in [6.07, 6.45) is -1.02. The number of rotatable bonds is 2. The second-order valence-electron chi connectivity index (χ2n) is 2.95. The van der Waals surface area contributed by atoms with E-state index in [4.69, 9.17) is 17.3 Å². The van der Waals surface area contributed by atoms with Crippen LogP contribution in [-0.4, -0.2) is 11.1 Å². The summed E-state index contributed by atoms with van der Waals surface area (Å²) in [4.78, 5) is 0. The fraction of sp³-hybridized carbons (Fsp3) is 0.333. The molecule has 1 aromatic rings. The van der Waals surface area contributed by atoms with Crippen LogP contribution in [0.25, 0.3) is 0 Å². The van der Waals surface area contributed by atoms with Crippen molar-refractivity contribution in [3.63, 3.8) is 0 Å². The van der Waals surface area contributed by atoms with Crippen molar-refractivity contribution in [1.82, 2.24) is 0 Å². The predicted octanol–water partition coefficient (Wildman–Crippen LogP) is 1.86. The largest absolute Gasteiger partial charge is 0.387 e. The van der Waals surface area contributed by atoms with Crippen LogP contribution in [0.3, 0.4) is 0 Å². The van der Waals surface area contributed by atoms with Gasteiger partial charge in [-0.3, -0.25) is 0 Å². The predicted molar refractivity (Wildman–Crippen MR) is 50.0 cm³/mol. The summed E-state index contributed by atoms with van der Waals surface area (Å²) in [6.45, 7) is 1.60. The molecule has 1 rings (SSSR count). The van der Waals surface area contributed by atoms with E-state index in [-0.39, 0.29) is 10.6 Å². The van der Waals surface area contributed by atoms with E-state index < -0.39 is 18.0 Å². The Labute approximate surface area is 81.1 Å². The van der Waals surface area contributed by atoms with Gasteiger partial charge in [-0.1, -0.05) is 23.7 Å². The summed E-state index contributed by atoms with van der Waals surface area (Å²) in [5.41, 5.74) is 5.57. The van der Waals surface area contributed by atoms with Gasteiger partial charge >= 0.3 is 0 Å². The van der Waals surface area contributed by atoms with Crippen molar-refractivity contribution in [2.45, 2.75) is 19.1 Å². The van der Waals surface area contributed by atoms with Gasteiger partial charge in [0.15, 0.2) is 0 Å². The molecule has 2 nitrogen and oxygen atoms in total. The van der Waals surface area contributed by atoms with Crippen molar-refractivity contribution in [3.8, 4) is 0 Å². The van der Waals surface area contributed by atoms with Gasteiger partial charge in [0.25, 0.3) is 0 Å². The Kier molecular flexibility index (Phi) is 3.25. The van der Waals surface area contributed by atoms with E-state index in [0.717, 1.165) is 0 Å². The van der Waals surface area contributed by atoms with Crippen molar-refractivity contribution in [2.75, 3.05) is 0 Å². The highest BCUT2D eigenvalue weighted by atomic mass is 35.5. The molecule has 0 amide bonds. The molecule has 0 aliphatic heterocycles. The second kappa shape index (κ2) is 4.05. The van der Waals surface area contributed by atoms with Gasteiger partial charge in [-0.2, -0.15) is 0 Å². The minimum absolute atomic E-state index is 0.00259. The minimum Gasteiger partial charge on any atom is -0.387 e. The van der Waals surface area contributed by atoms with Crippen LogP contribution in [0.15, 0.2) is 18.2 Å². The number of aliphatic hydroxyl groups is 1. The average molecular weight is 204 g/mol. The lowest BCUT2D eigenvalue weighted by Crippen LogP contribution is -2.25. The summed E-state index contributed by atoms with van der Waals surface area (Å²) in [7, 11) is 0. The van der Waals surface area contributed by atoms with Gasteiger partial charge in [0.1, 0.15) is 5.82 Å². The van der Waals surface area contributed by atoms with Crippen LogP contribution in [0, 0.1) is 5.82 Å². The summed E-state index contributed by atoms with van der Waals surface area (Å²) in [5.74, 6) is -0.603. The highest BCUT2D eigenvalue weighted by molar-refractivity contribution is 6.30. The van der Waals surface area contributed by atoms with Crippen molar-refractivity contribution in [3.05, 3.63) is 34.6 Å². The number of halogens is 2. The van der Waals surface area contributed by atoms with Gasteiger partial charge in [0.05, 0.1) is 11.1 Å². The molecule has 72 valence electrons. The Morgan fingerprint density at radius 1 is 1.54 bits per heavy atom. The lowest BCUT2D eigenvalue weighted by atomic mass is 10.0. The Morgan fingerprint density at radius 3 is 2.69 bits per heavy atom. The molecule has 0 unspecified atom stereocenters. The summed E-state index contributed by atoms with van der Waals surface area (Å²) >= 11 is 5.54. The Balaban J connectivity index is 3.07. The molecule has 0 radical (unpaired) electrons. The van der Waals surface area contributed by atoms with Gasteiger partial charge in [-0.15, -0.1) is 0 Å². The monoisotopic (exact) mass is 203 g/mol. The normalized spacial score (nSPS) is 15.5. The van der Waals surface area contributed by atoms with Gasteiger partial charge in [0, 0.05) is 11.6 Å². The number of aliphatic hydroxyl groups excluding tert-OH is 1. The molecular weight excluding hydrogens is 193 g/mol. The fourth-order valence-corrected chi connectivity index (χ4v) is 1.21. The molecule has 0 fully saturated rings. The highest BCUT2D eigenvalue weighted by Crippen LogP contribution is 2.24. The number of hydrogen-bond donors (Lipinski definition) is 2. The zero-order valence-electron chi connectivity index (χ0n) is 7.17. The highest BCUT2D eigenvalue weighted by Gasteiger charge is 2.17. The third kappa shape index (κ3) is 2.18. The summed E-state index contributed by atoms with van der Waals surface area (Å²) in [5, 5.41) is 9.48. The van der Waals surface area contributed by atoms with Crippen molar-refractivity contribution in [2.24, 2.45) is 5.73 Å². The van der Waals surface area contributed by atoms with Crippen LogP contribution in [0.5, 0.6) is 0 Å². The second-order valence-corrected chi connectivity index (χ2v) is 3.35. The molecule has 2 atom stereocenters. The molecule has 0 aliphatic carbocycles. The number of benzene rings is 1. The third-order valence-corrected chi connectivity index (χ3v) is 2.09. The van der Waals surface area contributed by atoms with E-state index in [1.165, 1.54) is 12.1 Å². The van der Waals surface area contributed by atoms with Crippen LogP contribution < -0.4 is 5.73 Å². The maximum absolute atomic E-state index is 13.3. The molecule has 3 N–H and O–H groups in total. The number of hydrogen-bond acceptors (Lipinski definition) is 2. The van der Waals surface area contributed by atoms with Crippen LogP contribution in [0.1, 0.15) is 18.6 Å². The lowest BCUT2D eigenvalue weighted by molar-refractivity contribution is 0.149. The first-order valence-electron chi connectivity index (χ1n) is 3.91. The zero-order valence-corrected chi connectivity index (χ0v) is 7.92. The van der Waals surface area contributed by atoms with Crippen molar-refractivity contribution in [1.29, 1.82) is 0 Å². The van der Waals surface area contributed by atoms with Crippen LogP contribution in [-0.2, 0) is 0 Å². The number of nitrogens with two attached hydrogens (primary N) is 1. The molecule has 4 heteroatoms. The molecule has 0 aliphatic rings. The average Bonchev–Trinajstić information content (AvgIpc) is 2.08. The first-order valence-corrected chi connectivity index (χ1v) is 4.29. The van der Waals surface area contributed by atoms with Crippen LogP contribution >= 0.6 is 11.6 Å². The Hall–Kier alpha value is -0.640. The molecular formula is C9H11ClFNO. The van der Waals surface area contributed by atoms with Crippen molar-refractivity contribution < 1.29 is 9.50 Å². The Morgan fingerprint density at radius 2 is 2.15 bits per heavy atom. The van der Waals surface area contributed by atoms with E-state index in [2.05, 4.69) is 0 Å². The summed E-state index contributed by atoms with van der Waals surface area (Å²) < 4.78 is 13.3. The zero-order chi connectivity index (χ0) is 10.0. The molecule has 0 heterocycles. The standard InChI is InChI=1S/C9H11ClFNO/c1-5(12)9(13)6-3-2-4-7(10)8(6)11/h2-5,9,13H,12H2,1H3/t5-,9+/m0/s1. The molecule has 1 aromatic carbocycles. The smallest absolute Gasteiger partial charge is 0.147 e. The minimum atomic E-state index is -1.02. The molecule has 13 heavy (non-hydrogen) atoms. The van der Waals surface area contributed by atoms with E-state index in [0.29, 0.717) is 0 Å². The first-order chi connectivity index (χ1) is 6.04. The van der Waals surface area contributed by atoms with E-state index >= 15 is 0 Å². The van der Waals surface area contributed by atoms with E-state index in [1.807, 2.05) is 0 Å². The maximum atomic E-state index is 13.3. The van der Waals surface area contributed by atoms with Crippen molar-refractivity contribution >= 4 is 11.6 Å². The molecule has 0 saturated carbocycles. The molecule has 0 bridgehead atoms. The fourth-order valence-electron chi connectivity index (χ4n) is 1.03. The maximum Gasteiger partial charge on any atom is 0.147 e. The SMILES string of the molecule is C[C@H](N)[C@@H](O)c1cccc(Cl)c1F. The Bertz CT molecular complexity index is 304. The summed E-state index contributed by atoms with van der Waals surface area (Å²) in [6, 6.07) is 3.95. The van der Waals surface area contributed by atoms with Gasteiger partial charge in [-0.25, -0.2) is 4.39 Å². The van der Waals surface area contributed by atoms with Crippen LogP contribution in [0.2, 0.25) is 5.02 Å². The van der Waals surface area contributed by atoms with Gasteiger partial charge in [-0.05, 0) is 13.0 Å². The van der Waals surface area contributed by atoms with Gasteiger partial charge < -0.3 is 10.8 Å². The molecule has 0 aromatic heterocycles. The molecule has 0 spiro atoms.